The maximum atomic E-state index is 10.1. The van der Waals surface area contributed by atoms with Crippen molar-refractivity contribution in [2.75, 3.05) is 0 Å². The lowest BCUT2D eigenvalue weighted by molar-refractivity contribution is 0.218. The standard InChI is InChI=1S/C11H14N2O2/c1-3-13-7-9(6-12-13)11(14)10-4-5-15-8(10)2/h4-7,11,14H,3H2,1-2H3. The molecule has 2 heterocycles. The van der Waals surface area contributed by atoms with Gasteiger partial charge in [0.15, 0.2) is 0 Å². The van der Waals surface area contributed by atoms with Crippen LogP contribution in [0.1, 0.15) is 29.9 Å². The predicted octanol–water partition coefficient (Wildman–Crippen LogP) is 1.89. The zero-order chi connectivity index (χ0) is 10.8. The molecule has 2 aromatic heterocycles. The van der Waals surface area contributed by atoms with Crippen molar-refractivity contribution in [2.24, 2.45) is 0 Å². The molecule has 0 radical (unpaired) electrons. The predicted molar refractivity (Wildman–Crippen MR) is 55.4 cm³/mol. The summed E-state index contributed by atoms with van der Waals surface area (Å²) in [6, 6.07) is 1.78. The highest BCUT2D eigenvalue weighted by Gasteiger charge is 2.16. The van der Waals surface area contributed by atoms with Gasteiger partial charge in [-0.25, -0.2) is 0 Å². The Morgan fingerprint density at radius 1 is 1.60 bits per heavy atom. The van der Waals surface area contributed by atoms with Gasteiger partial charge < -0.3 is 9.52 Å². The van der Waals surface area contributed by atoms with Crippen molar-refractivity contribution in [1.29, 1.82) is 0 Å². The van der Waals surface area contributed by atoms with Gasteiger partial charge in [0.25, 0.3) is 0 Å². The highest BCUT2D eigenvalue weighted by atomic mass is 16.3. The van der Waals surface area contributed by atoms with Crippen molar-refractivity contribution >= 4 is 0 Å². The fourth-order valence-electron chi connectivity index (χ4n) is 1.55. The number of aromatic nitrogens is 2. The number of hydrogen-bond donors (Lipinski definition) is 1. The summed E-state index contributed by atoms with van der Waals surface area (Å²) in [5.74, 6) is 0.742. The molecule has 0 fully saturated rings. The van der Waals surface area contributed by atoms with Crippen molar-refractivity contribution in [3.63, 3.8) is 0 Å². The third-order valence-electron chi connectivity index (χ3n) is 2.49. The van der Waals surface area contributed by atoms with E-state index in [0.717, 1.165) is 23.4 Å². The Kier molecular flexibility index (Phi) is 2.60. The van der Waals surface area contributed by atoms with E-state index < -0.39 is 6.10 Å². The van der Waals surface area contributed by atoms with Crippen LogP contribution in [0.25, 0.3) is 0 Å². The molecule has 0 saturated heterocycles. The molecule has 0 aromatic carbocycles. The van der Waals surface area contributed by atoms with Crippen molar-refractivity contribution in [3.8, 4) is 0 Å². The molecule has 0 aliphatic rings. The van der Waals surface area contributed by atoms with Crippen LogP contribution >= 0.6 is 0 Å². The lowest BCUT2D eigenvalue weighted by atomic mass is 10.1. The maximum Gasteiger partial charge on any atom is 0.110 e. The molecule has 1 atom stereocenters. The van der Waals surface area contributed by atoms with Crippen LogP contribution in [0.4, 0.5) is 0 Å². The second-order valence-corrected chi connectivity index (χ2v) is 3.46. The van der Waals surface area contributed by atoms with E-state index >= 15 is 0 Å². The van der Waals surface area contributed by atoms with Crippen LogP contribution in [0, 0.1) is 6.92 Å². The molecule has 0 spiro atoms. The van der Waals surface area contributed by atoms with Gasteiger partial charge in [-0.15, -0.1) is 0 Å². The Bertz CT molecular complexity index is 445. The zero-order valence-corrected chi connectivity index (χ0v) is 8.84. The summed E-state index contributed by atoms with van der Waals surface area (Å²) < 4.78 is 6.94. The van der Waals surface area contributed by atoms with Crippen molar-refractivity contribution in [3.05, 3.63) is 41.6 Å². The van der Waals surface area contributed by atoms with Gasteiger partial charge in [0, 0.05) is 23.9 Å². The Morgan fingerprint density at radius 3 is 2.93 bits per heavy atom. The van der Waals surface area contributed by atoms with Crippen LogP contribution in [0.2, 0.25) is 0 Å². The van der Waals surface area contributed by atoms with Gasteiger partial charge >= 0.3 is 0 Å². The number of furan rings is 1. The minimum atomic E-state index is -0.649. The van der Waals surface area contributed by atoms with Crippen LogP contribution in [-0.4, -0.2) is 14.9 Å². The van der Waals surface area contributed by atoms with Crippen molar-refractivity contribution < 1.29 is 9.52 Å². The summed E-state index contributed by atoms with van der Waals surface area (Å²) in [5, 5.41) is 14.2. The van der Waals surface area contributed by atoms with Gasteiger partial charge in [-0.3, -0.25) is 4.68 Å². The number of hydrogen-bond acceptors (Lipinski definition) is 3. The lowest BCUT2D eigenvalue weighted by Gasteiger charge is -2.06. The van der Waals surface area contributed by atoms with Gasteiger partial charge in [0.05, 0.1) is 12.5 Å². The summed E-state index contributed by atoms with van der Waals surface area (Å²) in [5.41, 5.74) is 1.59. The monoisotopic (exact) mass is 206 g/mol. The molecular weight excluding hydrogens is 192 g/mol. The highest BCUT2D eigenvalue weighted by Crippen LogP contribution is 2.24. The smallest absolute Gasteiger partial charge is 0.110 e. The molecule has 4 nitrogen and oxygen atoms in total. The van der Waals surface area contributed by atoms with E-state index in [1.807, 2.05) is 20.0 Å². The summed E-state index contributed by atoms with van der Waals surface area (Å²) in [6.07, 6.45) is 4.46. The Balaban J connectivity index is 2.28. The maximum absolute atomic E-state index is 10.1. The number of nitrogens with zero attached hydrogens (tertiary/aromatic N) is 2. The van der Waals surface area contributed by atoms with Crippen LogP contribution in [0.15, 0.2) is 29.1 Å². The third kappa shape index (κ3) is 1.80. The van der Waals surface area contributed by atoms with E-state index in [9.17, 15) is 5.11 Å². The Labute approximate surface area is 88.1 Å². The lowest BCUT2D eigenvalue weighted by Crippen LogP contribution is -1.98. The van der Waals surface area contributed by atoms with Crippen molar-refractivity contribution in [2.45, 2.75) is 26.5 Å². The second kappa shape index (κ2) is 3.90. The Morgan fingerprint density at radius 2 is 2.40 bits per heavy atom. The normalized spacial score (nSPS) is 13.0. The summed E-state index contributed by atoms with van der Waals surface area (Å²) in [7, 11) is 0. The topological polar surface area (TPSA) is 51.2 Å². The number of aryl methyl sites for hydroxylation is 2. The third-order valence-corrected chi connectivity index (χ3v) is 2.49. The summed E-state index contributed by atoms with van der Waals surface area (Å²) in [4.78, 5) is 0. The number of aliphatic hydroxyl groups is 1. The molecule has 0 bridgehead atoms. The SMILES string of the molecule is CCn1cc(C(O)c2ccoc2C)cn1. The van der Waals surface area contributed by atoms with Crippen LogP contribution < -0.4 is 0 Å². The first kappa shape index (κ1) is 9.98. The molecule has 2 rings (SSSR count). The molecular formula is C11H14N2O2. The second-order valence-electron chi connectivity index (χ2n) is 3.46. The Hall–Kier alpha value is -1.55. The fourth-order valence-corrected chi connectivity index (χ4v) is 1.55. The largest absolute Gasteiger partial charge is 0.469 e. The molecule has 0 amide bonds. The van der Waals surface area contributed by atoms with Gasteiger partial charge in [-0.1, -0.05) is 0 Å². The van der Waals surface area contributed by atoms with E-state index in [2.05, 4.69) is 5.10 Å². The first-order valence-electron chi connectivity index (χ1n) is 4.96. The van der Waals surface area contributed by atoms with Crippen LogP contribution in [-0.2, 0) is 6.54 Å². The van der Waals surface area contributed by atoms with Gasteiger partial charge in [0.1, 0.15) is 11.9 Å². The average Bonchev–Trinajstić information content (AvgIpc) is 2.84. The first-order chi connectivity index (χ1) is 7.22. The molecule has 1 N–H and O–H groups in total. The van der Waals surface area contributed by atoms with E-state index in [1.165, 1.54) is 0 Å². The number of aliphatic hydroxyl groups excluding tert-OH is 1. The van der Waals surface area contributed by atoms with Gasteiger partial charge in [-0.05, 0) is 19.9 Å². The van der Waals surface area contributed by atoms with E-state index in [1.54, 1.807) is 23.2 Å². The fraction of sp³-hybridized carbons (Fsp3) is 0.364. The van der Waals surface area contributed by atoms with E-state index in [4.69, 9.17) is 4.42 Å². The molecule has 80 valence electrons. The van der Waals surface area contributed by atoms with Gasteiger partial charge in [0.2, 0.25) is 0 Å². The molecule has 2 aromatic rings. The molecule has 1 unspecified atom stereocenters. The highest BCUT2D eigenvalue weighted by molar-refractivity contribution is 5.27. The van der Waals surface area contributed by atoms with Crippen LogP contribution in [0.5, 0.6) is 0 Å². The molecule has 0 aliphatic heterocycles. The number of rotatable bonds is 3. The summed E-state index contributed by atoms with van der Waals surface area (Å²) in [6.45, 7) is 4.64. The summed E-state index contributed by atoms with van der Waals surface area (Å²) >= 11 is 0. The zero-order valence-electron chi connectivity index (χ0n) is 8.84. The van der Waals surface area contributed by atoms with Gasteiger partial charge in [-0.2, -0.15) is 5.10 Å². The molecule has 0 saturated carbocycles. The van der Waals surface area contributed by atoms with E-state index in [0.29, 0.717) is 0 Å². The minimum absolute atomic E-state index is 0.649. The minimum Gasteiger partial charge on any atom is -0.469 e. The van der Waals surface area contributed by atoms with Crippen LogP contribution in [0.3, 0.4) is 0 Å². The molecule has 4 heteroatoms. The van der Waals surface area contributed by atoms with Crippen molar-refractivity contribution in [1.82, 2.24) is 9.78 Å². The van der Waals surface area contributed by atoms with E-state index in [-0.39, 0.29) is 0 Å². The molecule has 15 heavy (non-hydrogen) atoms. The molecule has 0 aliphatic carbocycles. The first-order valence-corrected chi connectivity index (χ1v) is 4.96. The average molecular weight is 206 g/mol. The quantitative estimate of drug-likeness (QED) is 0.834.